The Morgan fingerprint density at radius 1 is 1.14 bits per heavy atom. The highest BCUT2D eigenvalue weighted by Gasteiger charge is 2.08. The van der Waals surface area contributed by atoms with Gasteiger partial charge in [0.25, 0.3) is 0 Å². The monoisotopic (exact) mass is 315 g/mol. The molecule has 2 heterocycles. The quantitative estimate of drug-likeness (QED) is 0.711. The summed E-state index contributed by atoms with van der Waals surface area (Å²) in [5.74, 6) is 1.80. The third kappa shape index (κ3) is 3.54. The van der Waals surface area contributed by atoms with Crippen molar-refractivity contribution in [3.63, 3.8) is 0 Å². The van der Waals surface area contributed by atoms with E-state index in [1.807, 2.05) is 0 Å². The van der Waals surface area contributed by atoms with Crippen LogP contribution in [0.4, 0.5) is 0 Å². The van der Waals surface area contributed by atoms with Gasteiger partial charge in [-0.2, -0.15) is 5.10 Å². The van der Waals surface area contributed by atoms with Crippen molar-refractivity contribution in [2.24, 2.45) is 0 Å². The first-order valence-corrected chi connectivity index (χ1v) is 8.70. The van der Waals surface area contributed by atoms with E-state index < -0.39 is 0 Å². The first-order chi connectivity index (χ1) is 10.2. The van der Waals surface area contributed by atoms with E-state index in [0.29, 0.717) is 0 Å². The molecule has 1 aromatic carbocycles. The Labute approximate surface area is 132 Å². The number of aromatic nitrogens is 3. The largest absolute Gasteiger partial charge is 0.254 e. The van der Waals surface area contributed by atoms with Crippen LogP contribution in [-0.2, 0) is 12.2 Å². The van der Waals surface area contributed by atoms with Gasteiger partial charge in [0.1, 0.15) is 0 Å². The second kappa shape index (κ2) is 6.45. The Morgan fingerprint density at radius 3 is 2.76 bits per heavy atom. The number of benzene rings is 1. The van der Waals surface area contributed by atoms with E-state index in [1.165, 1.54) is 21.6 Å². The van der Waals surface area contributed by atoms with Gasteiger partial charge >= 0.3 is 0 Å². The van der Waals surface area contributed by atoms with Crippen molar-refractivity contribution < 1.29 is 0 Å². The lowest BCUT2D eigenvalue weighted by molar-refractivity contribution is 0.953. The fourth-order valence-electron chi connectivity index (χ4n) is 2.09. The zero-order valence-electron chi connectivity index (χ0n) is 12.1. The van der Waals surface area contributed by atoms with Crippen LogP contribution in [0.15, 0.2) is 40.9 Å². The maximum atomic E-state index is 4.58. The average molecular weight is 315 g/mol. The molecule has 3 nitrogen and oxygen atoms in total. The Morgan fingerprint density at radius 2 is 2.00 bits per heavy atom. The molecule has 3 rings (SSSR count). The van der Waals surface area contributed by atoms with Gasteiger partial charge in [0.15, 0.2) is 11.0 Å². The number of aryl methyl sites for hydroxylation is 2. The Kier molecular flexibility index (Phi) is 4.41. The number of hydrogen-bond acceptors (Lipinski definition) is 4. The Hall–Kier alpha value is -1.59. The summed E-state index contributed by atoms with van der Waals surface area (Å²) in [6, 6.07) is 10.5. The summed E-state index contributed by atoms with van der Waals surface area (Å²) in [5.41, 5.74) is 3.92. The molecule has 0 saturated carbocycles. The summed E-state index contributed by atoms with van der Waals surface area (Å²) < 4.78 is 0. The van der Waals surface area contributed by atoms with Crippen LogP contribution in [0.5, 0.6) is 0 Å². The molecular weight excluding hydrogens is 298 g/mol. The molecule has 0 spiro atoms. The molecule has 0 aliphatic carbocycles. The number of aromatic amines is 1. The van der Waals surface area contributed by atoms with Crippen LogP contribution in [0, 0.1) is 13.8 Å². The minimum Gasteiger partial charge on any atom is -0.254 e. The minimum absolute atomic E-state index is 0.780. The van der Waals surface area contributed by atoms with Gasteiger partial charge in [0.05, 0.1) is 0 Å². The second-order valence-electron chi connectivity index (χ2n) is 4.98. The highest BCUT2D eigenvalue weighted by atomic mass is 32.2. The van der Waals surface area contributed by atoms with E-state index >= 15 is 0 Å². The van der Waals surface area contributed by atoms with Gasteiger partial charge in [-0.15, -0.1) is 11.3 Å². The van der Waals surface area contributed by atoms with E-state index in [1.54, 1.807) is 23.1 Å². The van der Waals surface area contributed by atoms with Gasteiger partial charge in [-0.05, 0) is 42.0 Å². The van der Waals surface area contributed by atoms with Gasteiger partial charge in [0.2, 0.25) is 0 Å². The third-order valence-corrected chi connectivity index (χ3v) is 5.52. The summed E-state index contributed by atoms with van der Waals surface area (Å²) in [6.45, 7) is 4.27. The maximum absolute atomic E-state index is 4.58. The number of nitrogens with zero attached hydrogens (tertiary/aromatic N) is 2. The van der Waals surface area contributed by atoms with Crippen molar-refractivity contribution in [3.8, 4) is 0 Å². The molecule has 0 bridgehead atoms. The SMILES string of the molecule is Cc1ccccc1Cc1n[nH]c(SCc2sccc2C)n1. The van der Waals surface area contributed by atoms with E-state index in [-0.39, 0.29) is 0 Å². The number of rotatable bonds is 5. The summed E-state index contributed by atoms with van der Waals surface area (Å²) in [5, 5.41) is 10.4. The highest BCUT2D eigenvalue weighted by molar-refractivity contribution is 7.98. The fourth-order valence-corrected chi connectivity index (χ4v) is 4.00. The van der Waals surface area contributed by atoms with Gasteiger partial charge in [-0.1, -0.05) is 36.0 Å². The van der Waals surface area contributed by atoms with Gasteiger partial charge in [0, 0.05) is 17.1 Å². The number of thioether (sulfide) groups is 1. The zero-order chi connectivity index (χ0) is 14.7. The molecule has 3 aromatic rings. The molecule has 0 aliphatic heterocycles. The van der Waals surface area contributed by atoms with Gasteiger partial charge < -0.3 is 0 Å². The smallest absolute Gasteiger partial charge is 0.184 e. The van der Waals surface area contributed by atoms with E-state index in [4.69, 9.17) is 0 Å². The molecule has 0 amide bonds. The molecule has 0 atom stereocenters. The molecule has 1 N–H and O–H groups in total. The number of hydrogen-bond donors (Lipinski definition) is 1. The molecule has 0 aliphatic rings. The predicted octanol–water partition coefficient (Wildman–Crippen LogP) is 4.37. The number of nitrogens with one attached hydrogen (secondary N) is 1. The average Bonchev–Trinajstić information content (AvgIpc) is 3.08. The van der Waals surface area contributed by atoms with Crippen LogP contribution < -0.4 is 0 Å². The first kappa shape index (κ1) is 14.4. The summed E-state index contributed by atoms with van der Waals surface area (Å²) in [6.07, 6.45) is 0.780. The summed E-state index contributed by atoms with van der Waals surface area (Å²) >= 11 is 3.51. The molecular formula is C16H17N3S2. The maximum Gasteiger partial charge on any atom is 0.184 e. The van der Waals surface area contributed by atoms with Crippen molar-refractivity contribution >= 4 is 23.1 Å². The second-order valence-corrected chi connectivity index (χ2v) is 6.94. The molecule has 5 heteroatoms. The van der Waals surface area contributed by atoms with Crippen LogP contribution in [0.1, 0.15) is 27.4 Å². The van der Waals surface area contributed by atoms with Crippen molar-refractivity contribution in [1.29, 1.82) is 0 Å². The summed E-state index contributed by atoms with van der Waals surface area (Å²) in [4.78, 5) is 5.98. The van der Waals surface area contributed by atoms with Crippen molar-refractivity contribution in [2.45, 2.75) is 31.2 Å². The molecule has 108 valence electrons. The minimum atomic E-state index is 0.780. The van der Waals surface area contributed by atoms with Crippen LogP contribution in [0.3, 0.4) is 0 Å². The lowest BCUT2D eigenvalue weighted by atomic mass is 10.1. The first-order valence-electron chi connectivity index (χ1n) is 6.84. The lowest BCUT2D eigenvalue weighted by Gasteiger charge is -2.01. The summed E-state index contributed by atoms with van der Waals surface area (Å²) in [7, 11) is 0. The Bertz CT molecular complexity index is 730. The van der Waals surface area contributed by atoms with Crippen LogP contribution in [0.2, 0.25) is 0 Å². The van der Waals surface area contributed by atoms with E-state index in [9.17, 15) is 0 Å². The third-order valence-electron chi connectivity index (χ3n) is 3.43. The van der Waals surface area contributed by atoms with Crippen molar-refractivity contribution in [1.82, 2.24) is 15.2 Å². The molecule has 0 saturated heterocycles. The highest BCUT2D eigenvalue weighted by Crippen LogP contribution is 2.25. The normalized spacial score (nSPS) is 11.0. The molecule has 0 unspecified atom stereocenters. The number of H-pyrrole nitrogens is 1. The van der Waals surface area contributed by atoms with E-state index in [0.717, 1.165) is 23.2 Å². The topological polar surface area (TPSA) is 41.6 Å². The predicted molar refractivity (Wildman–Crippen MR) is 89.0 cm³/mol. The molecule has 2 aromatic heterocycles. The standard InChI is InChI=1S/C16H17N3S2/c1-11-5-3-4-6-13(11)9-15-17-16(19-18-15)21-10-14-12(2)7-8-20-14/h3-8H,9-10H2,1-2H3,(H,17,18,19). The van der Waals surface area contributed by atoms with Crippen molar-refractivity contribution in [2.75, 3.05) is 0 Å². The molecule has 0 radical (unpaired) electrons. The van der Waals surface area contributed by atoms with Gasteiger partial charge in [-0.25, -0.2) is 4.98 Å². The number of thiophene rings is 1. The van der Waals surface area contributed by atoms with Crippen molar-refractivity contribution in [3.05, 3.63) is 63.1 Å². The van der Waals surface area contributed by atoms with Crippen LogP contribution >= 0.6 is 23.1 Å². The molecule has 21 heavy (non-hydrogen) atoms. The van der Waals surface area contributed by atoms with Gasteiger partial charge in [-0.3, -0.25) is 5.10 Å². The molecule has 0 fully saturated rings. The van der Waals surface area contributed by atoms with Crippen LogP contribution in [0.25, 0.3) is 0 Å². The van der Waals surface area contributed by atoms with Crippen LogP contribution in [-0.4, -0.2) is 15.2 Å². The van der Waals surface area contributed by atoms with E-state index in [2.05, 4.69) is 64.7 Å². The lowest BCUT2D eigenvalue weighted by Crippen LogP contribution is -1.93. The Balaban J connectivity index is 1.64. The fraction of sp³-hybridized carbons (Fsp3) is 0.250. The zero-order valence-corrected chi connectivity index (χ0v) is 13.7.